The first-order valence-corrected chi connectivity index (χ1v) is 6.32. The SMILES string of the molecule is CC1(C)OB(/C=C/c2cncc(Cl)c2)OC1(C)C. The first-order valence-electron chi connectivity index (χ1n) is 5.95. The molecule has 1 aliphatic rings. The lowest BCUT2D eigenvalue weighted by molar-refractivity contribution is 0.00578. The molecule has 0 aliphatic carbocycles. The van der Waals surface area contributed by atoms with Crippen molar-refractivity contribution in [2.24, 2.45) is 0 Å². The van der Waals surface area contributed by atoms with E-state index in [1.807, 2.05) is 45.8 Å². The van der Waals surface area contributed by atoms with Crippen molar-refractivity contribution in [2.45, 2.75) is 38.9 Å². The van der Waals surface area contributed by atoms with E-state index in [2.05, 4.69) is 4.98 Å². The molecule has 0 saturated carbocycles. The van der Waals surface area contributed by atoms with Gasteiger partial charge in [-0.1, -0.05) is 23.7 Å². The summed E-state index contributed by atoms with van der Waals surface area (Å²) in [7, 11) is -0.339. The van der Waals surface area contributed by atoms with Gasteiger partial charge in [0.2, 0.25) is 0 Å². The van der Waals surface area contributed by atoms with E-state index in [0.717, 1.165) is 5.56 Å². The molecule has 0 bridgehead atoms. The van der Waals surface area contributed by atoms with Crippen LogP contribution in [0.4, 0.5) is 0 Å². The van der Waals surface area contributed by atoms with Crippen molar-refractivity contribution >= 4 is 24.8 Å². The van der Waals surface area contributed by atoms with E-state index in [9.17, 15) is 0 Å². The lowest BCUT2D eigenvalue weighted by atomic mass is 9.89. The largest absolute Gasteiger partial charge is 0.487 e. The van der Waals surface area contributed by atoms with Gasteiger partial charge in [-0.15, -0.1) is 0 Å². The molecule has 2 rings (SSSR count). The minimum absolute atomic E-state index is 0.311. The molecule has 1 fully saturated rings. The van der Waals surface area contributed by atoms with Crippen LogP contribution < -0.4 is 0 Å². The topological polar surface area (TPSA) is 31.4 Å². The van der Waals surface area contributed by atoms with Gasteiger partial charge in [-0.05, 0) is 39.3 Å². The quantitative estimate of drug-likeness (QED) is 0.768. The maximum absolute atomic E-state index is 5.87. The van der Waals surface area contributed by atoms with Gasteiger partial charge >= 0.3 is 7.12 Å². The van der Waals surface area contributed by atoms with Crippen molar-refractivity contribution in [2.75, 3.05) is 0 Å². The molecule has 1 aromatic rings. The van der Waals surface area contributed by atoms with Crippen LogP contribution in [0.25, 0.3) is 6.08 Å². The Balaban J connectivity index is 2.08. The summed E-state index contributed by atoms with van der Waals surface area (Å²) in [5, 5.41) is 0.617. The molecule has 0 atom stereocenters. The van der Waals surface area contributed by atoms with Crippen LogP contribution in [0.3, 0.4) is 0 Å². The average Bonchev–Trinajstić information content (AvgIpc) is 2.45. The number of halogens is 1. The average molecular weight is 266 g/mol. The van der Waals surface area contributed by atoms with Gasteiger partial charge in [0.05, 0.1) is 16.2 Å². The lowest BCUT2D eigenvalue weighted by Gasteiger charge is -2.32. The van der Waals surface area contributed by atoms with E-state index in [-0.39, 0.29) is 18.3 Å². The van der Waals surface area contributed by atoms with Crippen LogP contribution in [0.2, 0.25) is 5.02 Å². The third-order valence-corrected chi connectivity index (χ3v) is 3.65. The lowest BCUT2D eigenvalue weighted by Crippen LogP contribution is -2.41. The predicted molar refractivity (Wildman–Crippen MR) is 74.4 cm³/mol. The van der Waals surface area contributed by atoms with Gasteiger partial charge < -0.3 is 9.31 Å². The van der Waals surface area contributed by atoms with Crippen molar-refractivity contribution in [3.63, 3.8) is 0 Å². The predicted octanol–water partition coefficient (Wildman–Crippen LogP) is 3.38. The third-order valence-electron chi connectivity index (χ3n) is 3.44. The molecule has 1 aromatic heterocycles. The molecule has 3 nitrogen and oxygen atoms in total. The summed E-state index contributed by atoms with van der Waals surface area (Å²) in [4.78, 5) is 4.02. The number of rotatable bonds is 2. The minimum Gasteiger partial charge on any atom is -0.400 e. The van der Waals surface area contributed by atoms with Crippen LogP contribution in [-0.2, 0) is 9.31 Å². The molecule has 96 valence electrons. The summed E-state index contributed by atoms with van der Waals surface area (Å²) in [6.07, 6.45) is 5.25. The molecule has 5 heteroatoms. The highest BCUT2D eigenvalue weighted by Gasteiger charge is 2.49. The summed E-state index contributed by atoms with van der Waals surface area (Å²) >= 11 is 5.87. The first-order chi connectivity index (χ1) is 8.30. The van der Waals surface area contributed by atoms with Gasteiger partial charge in [0, 0.05) is 12.4 Å². The zero-order chi connectivity index (χ0) is 13.4. The number of nitrogens with zero attached hydrogens (tertiary/aromatic N) is 1. The Bertz CT molecular complexity index is 458. The first kappa shape index (κ1) is 13.6. The zero-order valence-electron chi connectivity index (χ0n) is 11.1. The molecule has 0 spiro atoms. The maximum Gasteiger partial charge on any atom is 0.487 e. The van der Waals surface area contributed by atoms with Crippen LogP contribution in [0.1, 0.15) is 33.3 Å². The second-order valence-electron chi connectivity index (χ2n) is 5.42. The van der Waals surface area contributed by atoms with E-state index >= 15 is 0 Å². The molecule has 1 saturated heterocycles. The number of hydrogen-bond acceptors (Lipinski definition) is 3. The Morgan fingerprint density at radius 3 is 2.33 bits per heavy atom. The fourth-order valence-electron chi connectivity index (χ4n) is 1.68. The Morgan fingerprint density at radius 2 is 1.78 bits per heavy atom. The summed E-state index contributed by atoms with van der Waals surface area (Å²) in [5.41, 5.74) is 0.306. The van der Waals surface area contributed by atoms with Crippen molar-refractivity contribution in [1.29, 1.82) is 0 Å². The van der Waals surface area contributed by atoms with E-state index in [4.69, 9.17) is 20.9 Å². The summed E-state index contributed by atoms with van der Waals surface area (Å²) in [6, 6.07) is 1.84. The zero-order valence-corrected chi connectivity index (χ0v) is 11.9. The summed E-state index contributed by atoms with van der Waals surface area (Å²) in [5.74, 6) is 1.88. The van der Waals surface area contributed by atoms with Crippen molar-refractivity contribution in [3.05, 3.63) is 35.0 Å². The van der Waals surface area contributed by atoms with Crippen LogP contribution in [0, 0.1) is 0 Å². The molecular formula is C13H17BClNO2. The minimum atomic E-state index is -0.339. The Morgan fingerprint density at radius 1 is 1.17 bits per heavy atom. The molecular weight excluding hydrogens is 248 g/mol. The van der Waals surface area contributed by atoms with Crippen molar-refractivity contribution in [3.8, 4) is 0 Å². The molecule has 18 heavy (non-hydrogen) atoms. The summed E-state index contributed by atoms with van der Waals surface area (Å²) < 4.78 is 11.7. The monoisotopic (exact) mass is 265 g/mol. The molecule has 0 N–H and O–H groups in total. The van der Waals surface area contributed by atoms with Gasteiger partial charge in [0.25, 0.3) is 0 Å². The van der Waals surface area contributed by atoms with Crippen LogP contribution in [0.15, 0.2) is 24.4 Å². The molecule has 0 radical (unpaired) electrons. The van der Waals surface area contributed by atoms with Crippen molar-refractivity contribution < 1.29 is 9.31 Å². The van der Waals surface area contributed by atoms with Crippen molar-refractivity contribution in [1.82, 2.24) is 4.98 Å². The maximum atomic E-state index is 5.87. The van der Waals surface area contributed by atoms with E-state index in [1.54, 1.807) is 12.4 Å². The van der Waals surface area contributed by atoms with E-state index < -0.39 is 0 Å². The van der Waals surface area contributed by atoms with Gasteiger partial charge in [0.1, 0.15) is 0 Å². The van der Waals surface area contributed by atoms with Gasteiger partial charge in [-0.25, -0.2) is 0 Å². The normalized spacial score (nSPS) is 21.7. The second kappa shape index (κ2) is 4.69. The van der Waals surface area contributed by atoms with Gasteiger partial charge in [0.15, 0.2) is 0 Å². The molecule has 0 aromatic carbocycles. The number of aromatic nitrogens is 1. The Hall–Kier alpha value is -0.835. The standard InChI is InChI=1S/C13H17BClNO2/c1-12(2)13(3,4)18-14(17-12)6-5-10-7-11(15)9-16-8-10/h5-9H,1-4H3/b6-5+. The fraction of sp³-hybridized carbons (Fsp3) is 0.462. The van der Waals surface area contributed by atoms with Crippen LogP contribution >= 0.6 is 11.6 Å². The highest BCUT2D eigenvalue weighted by Crippen LogP contribution is 2.36. The molecule has 0 unspecified atom stereocenters. The number of hydrogen-bond donors (Lipinski definition) is 0. The second-order valence-corrected chi connectivity index (χ2v) is 5.86. The molecule has 0 amide bonds. The number of pyridine rings is 1. The van der Waals surface area contributed by atoms with Gasteiger partial charge in [-0.2, -0.15) is 0 Å². The Kier molecular flexibility index (Phi) is 3.54. The van der Waals surface area contributed by atoms with Crippen LogP contribution in [-0.4, -0.2) is 23.3 Å². The van der Waals surface area contributed by atoms with E-state index in [1.165, 1.54) is 0 Å². The fourth-order valence-corrected chi connectivity index (χ4v) is 1.86. The molecule has 1 aliphatic heterocycles. The molecule has 2 heterocycles. The highest BCUT2D eigenvalue weighted by molar-refractivity contribution is 6.52. The Labute approximate surface area is 113 Å². The van der Waals surface area contributed by atoms with Crippen LogP contribution in [0.5, 0.6) is 0 Å². The van der Waals surface area contributed by atoms with E-state index in [0.29, 0.717) is 5.02 Å². The summed E-state index contributed by atoms with van der Waals surface area (Å²) in [6.45, 7) is 8.12. The van der Waals surface area contributed by atoms with Gasteiger partial charge in [-0.3, -0.25) is 4.98 Å². The third kappa shape index (κ3) is 2.77. The smallest absolute Gasteiger partial charge is 0.400 e. The highest BCUT2D eigenvalue weighted by atomic mass is 35.5.